The smallest absolute Gasteiger partial charge is 0.336 e. The minimum atomic E-state index is -0.878. The average Bonchev–Trinajstić information content (AvgIpc) is 2.20. The number of hydrogen-bond donors (Lipinski definition) is 2. The molecule has 0 atom stereocenters. The number of nitrogens with one attached hydrogen (secondary N) is 1. The van der Waals surface area contributed by atoms with E-state index in [-0.39, 0.29) is 0 Å². The van der Waals surface area contributed by atoms with Crippen molar-refractivity contribution < 1.29 is 9.90 Å². The molecule has 1 aromatic rings. The van der Waals surface area contributed by atoms with Gasteiger partial charge in [-0.1, -0.05) is 24.9 Å². The van der Waals surface area contributed by atoms with Crippen LogP contribution in [-0.4, -0.2) is 16.8 Å². The normalized spacial score (nSPS) is 10.0. The Labute approximate surface area is 94.0 Å². The number of anilines is 1. The lowest BCUT2D eigenvalue weighted by Crippen LogP contribution is -2.00. The van der Waals surface area contributed by atoms with Gasteiger partial charge in [0.25, 0.3) is 0 Å². The number of aryl methyl sites for hydroxylation is 1. The van der Waals surface area contributed by atoms with Crippen molar-refractivity contribution in [2.75, 3.05) is 10.5 Å². The van der Waals surface area contributed by atoms with Gasteiger partial charge in [-0.3, -0.25) is 0 Å². The van der Waals surface area contributed by atoms with Crippen LogP contribution in [0.2, 0.25) is 0 Å². The van der Waals surface area contributed by atoms with Gasteiger partial charge in [0.1, 0.15) is 0 Å². The van der Waals surface area contributed by atoms with E-state index in [0.29, 0.717) is 5.56 Å². The van der Waals surface area contributed by atoms with E-state index in [1.807, 2.05) is 12.1 Å². The summed E-state index contributed by atoms with van der Waals surface area (Å²) < 4.78 is 3.12. The number of hydrogen-bond acceptors (Lipinski definition) is 3. The molecule has 0 spiro atoms. The van der Waals surface area contributed by atoms with Gasteiger partial charge in [-0.15, -0.1) is 0 Å². The Morgan fingerprint density at radius 2 is 2.27 bits per heavy atom. The fourth-order valence-corrected chi connectivity index (χ4v) is 1.75. The van der Waals surface area contributed by atoms with Gasteiger partial charge >= 0.3 is 5.97 Å². The van der Waals surface area contributed by atoms with Crippen LogP contribution in [0.5, 0.6) is 0 Å². The Bertz CT molecular complexity index is 352. The van der Waals surface area contributed by atoms with Crippen LogP contribution in [0.1, 0.15) is 29.3 Å². The highest BCUT2D eigenvalue weighted by Gasteiger charge is 2.07. The summed E-state index contributed by atoms with van der Waals surface area (Å²) >= 11 is 1.59. The molecule has 3 nitrogen and oxygen atoms in total. The number of benzene rings is 1. The topological polar surface area (TPSA) is 49.3 Å². The van der Waals surface area contributed by atoms with Crippen LogP contribution >= 0.6 is 11.9 Å². The highest BCUT2D eigenvalue weighted by molar-refractivity contribution is 8.00. The van der Waals surface area contributed by atoms with Crippen LogP contribution in [0.15, 0.2) is 18.2 Å². The quantitative estimate of drug-likeness (QED) is 0.597. The SMILES string of the molecule is CCCSNc1ccc(C)c(C(=O)O)c1. The van der Waals surface area contributed by atoms with E-state index < -0.39 is 5.97 Å². The van der Waals surface area contributed by atoms with Crippen LogP contribution in [-0.2, 0) is 0 Å². The molecule has 2 N–H and O–H groups in total. The summed E-state index contributed by atoms with van der Waals surface area (Å²) in [5.41, 5.74) is 1.99. The lowest BCUT2D eigenvalue weighted by atomic mass is 10.1. The third-order valence-electron chi connectivity index (χ3n) is 1.96. The minimum Gasteiger partial charge on any atom is -0.478 e. The summed E-state index contributed by atoms with van der Waals surface area (Å²) in [6.45, 7) is 3.90. The summed E-state index contributed by atoms with van der Waals surface area (Å²) in [6.07, 6.45) is 1.09. The molecule has 0 fully saturated rings. The third-order valence-corrected chi connectivity index (χ3v) is 2.96. The maximum absolute atomic E-state index is 10.9. The zero-order valence-corrected chi connectivity index (χ0v) is 9.73. The molecule has 0 radical (unpaired) electrons. The van der Waals surface area contributed by atoms with E-state index in [1.165, 1.54) is 0 Å². The van der Waals surface area contributed by atoms with Crippen LogP contribution in [0.25, 0.3) is 0 Å². The average molecular weight is 225 g/mol. The van der Waals surface area contributed by atoms with Crippen molar-refractivity contribution in [1.29, 1.82) is 0 Å². The molecule has 4 heteroatoms. The molecule has 0 unspecified atom stereocenters. The van der Waals surface area contributed by atoms with E-state index >= 15 is 0 Å². The van der Waals surface area contributed by atoms with Crippen molar-refractivity contribution in [2.24, 2.45) is 0 Å². The second-order valence-corrected chi connectivity index (χ2v) is 4.19. The van der Waals surface area contributed by atoms with Crippen molar-refractivity contribution in [3.63, 3.8) is 0 Å². The largest absolute Gasteiger partial charge is 0.478 e. The molecule has 0 bridgehead atoms. The molecule has 0 aromatic heterocycles. The summed E-state index contributed by atoms with van der Waals surface area (Å²) in [5.74, 6) is 0.132. The molecule has 0 aliphatic carbocycles. The molecule has 0 aliphatic heterocycles. The van der Waals surface area contributed by atoms with E-state index in [2.05, 4.69) is 11.6 Å². The predicted molar refractivity (Wildman–Crippen MR) is 64.5 cm³/mol. The van der Waals surface area contributed by atoms with Crippen molar-refractivity contribution >= 4 is 23.6 Å². The number of carbonyl (C=O) groups is 1. The van der Waals surface area contributed by atoms with E-state index in [4.69, 9.17) is 5.11 Å². The van der Waals surface area contributed by atoms with Crippen LogP contribution in [0.3, 0.4) is 0 Å². The lowest BCUT2D eigenvalue weighted by Gasteiger charge is -2.07. The van der Waals surface area contributed by atoms with Gasteiger partial charge in [0.2, 0.25) is 0 Å². The second kappa shape index (κ2) is 5.66. The predicted octanol–water partition coefficient (Wildman–Crippen LogP) is 3.16. The van der Waals surface area contributed by atoms with E-state index in [0.717, 1.165) is 23.4 Å². The Morgan fingerprint density at radius 1 is 1.53 bits per heavy atom. The van der Waals surface area contributed by atoms with E-state index in [9.17, 15) is 4.79 Å². The van der Waals surface area contributed by atoms with Gasteiger partial charge in [0.05, 0.1) is 5.56 Å². The first-order valence-electron chi connectivity index (χ1n) is 4.87. The molecule has 15 heavy (non-hydrogen) atoms. The number of carboxylic acid groups (broad SMARTS) is 1. The van der Waals surface area contributed by atoms with Gasteiger partial charge in [0.15, 0.2) is 0 Å². The van der Waals surface area contributed by atoms with Crippen molar-refractivity contribution in [1.82, 2.24) is 0 Å². The molecule has 0 saturated carbocycles. The number of aromatic carboxylic acids is 1. The molecule has 82 valence electrons. The van der Waals surface area contributed by atoms with Gasteiger partial charge < -0.3 is 9.83 Å². The highest BCUT2D eigenvalue weighted by Crippen LogP contribution is 2.18. The Balaban J connectivity index is 2.74. The van der Waals surface area contributed by atoms with Crippen LogP contribution in [0.4, 0.5) is 5.69 Å². The molecule has 0 amide bonds. The maximum Gasteiger partial charge on any atom is 0.336 e. The zero-order valence-electron chi connectivity index (χ0n) is 8.91. The standard InChI is InChI=1S/C11H15NO2S/c1-3-6-15-12-9-5-4-8(2)10(7-9)11(13)14/h4-5,7,12H,3,6H2,1-2H3,(H,13,14). The first-order valence-corrected chi connectivity index (χ1v) is 5.85. The summed E-state index contributed by atoms with van der Waals surface area (Å²) in [6, 6.07) is 5.38. The van der Waals surface area contributed by atoms with Crippen molar-refractivity contribution in [2.45, 2.75) is 20.3 Å². The summed E-state index contributed by atoms with van der Waals surface area (Å²) in [7, 11) is 0. The molecular formula is C11H15NO2S. The Morgan fingerprint density at radius 3 is 2.87 bits per heavy atom. The van der Waals surface area contributed by atoms with Gasteiger partial charge in [-0.2, -0.15) is 0 Å². The number of carboxylic acids is 1. The van der Waals surface area contributed by atoms with Crippen LogP contribution < -0.4 is 4.72 Å². The van der Waals surface area contributed by atoms with Gasteiger partial charge in [-0.05, 0) is 31.0 Å². The third kappa shape index (κ3) is 3.47. The Hall–Kier alpha value is -1.16. The fourth-order valence-electron chi connectivity index (χ4n) is 1.15. The van der Waals surface area contributed by atoms with Crippen molar-refractivity contribution in [3.8, 4) is 0 Å². The van der Waals surface area contributed by atoms with Crippen molar-refractivity contribution in [3.05, 3.63) is 29.3 Å². The zero-order chi connectivity index (χ0) is 11.3. The summed E-state index contributed by atoms with van der Waals surface area (Å²) in [4.78, 5) is 10.9. The highest BCUT2D eigenvalue weighted by atomic mass is 32.2. The lowest BCUT2D eigenvalue weighted by molar-refractivity contribution is 0.0696. The maximum atomic E-state index is 10.9. The van der Waals surface area contributed by atoms with E-state index in [1.54, 1.807) is 24.9 Å². The number of rotatable bonds is 5. The first-order chi connectivity index (χ1) is 7.15. The van der Waals surface area contributed by atoms with Gasteiger partial charge in [0, 0.05) is 11.4 Å². The molecule has 0 aliphatic rings. The summed E-state index contributed by atoms with van der Waals surface area (Å²) in [5, 5.41) is 8.93. The molecule has 0 saturated heterocycles. The Kier molecular flexibility index (Phi) is 4.49. The fraction of sp³-hybridized carbons (Fsp3) is 0.364. The molecular weight excluding hydrogens is 210 g/mol. The monoisotopic (exact) mass is 225 g/mol. The van der Waals surface area contributed by atoms with Crippen LogP contribution in [0, 0.1) is 6.92 Å². The molecule has 1 aromatic carbocycles. The second-order valence-electron chi connectivity index (χ2n) is 3.29. The first kappa shape index (κ1) is 11.9. The molecule has 0 heterocycles. The minimum absolute atomic E-state index is 0.358. The molecule has 1 rings (SSSR count). The van der Waals surface area contributed by atoms with Gasteiger partial charge in [-0.25, -0.2) is 4.79 Å².